The number of rotatable bonds is 6. The van der Waals surface area contributed by atoms with Crippen molar-refractivity contribution in [1.29, 1.82) is 0 Å². The number of amides is 1. The molecular weight excluding hydrogens is 288 g/mol. The zero-order chi connectivity index (χ0) is 15.9. The van der Waals surface area contributed by atoms with E-state index in [9.17, 15) is 14.9 Å². The summed E-state index contributed by atoms with van der Waals surface area (Å²) in [6, 6.07) is 12.7. The summed E-state index contributed by atoms with van der Waals surface area (Å²) in [5.41, 5.74) is 0.368. The zero-order valence-corrected chi connectivity index (χ0v) is 11.8. The molecule has 2 aromatic rings. The highest BCUT2D eigenvalue weighted by Gasteiger charge is 2.14. The number of anilines is 1. The minimum Gasteiger partial charge on any atom is -0.497 e. The molecule has 114 valence electrons. The summed E-state index contributed by atoms with van der Waals surface area (Å²) in [6.45, 7) is -0.331. The van der Waals surface area contributed by atoms with Crippen LogP contribution in [-0.2, 0) is 4.79 Å². The van der Waals surface area contributed by atoms with E-state index in [4.69, 9.17) is 9.47 Å². The van der Waals surface area contributed by atoms with Crippen molar-refractivity contribution in [2.45, 2.75) is 0 Å². The minimum absolute atomic E-state index is 0.0493. The Hall–Kier alpha value is -3.09. The van der Waals surface area contributed by atoms with E-state index in [0.29, 0.717) is 11.4 Å². The first-order valence-corrected chi connectivity index (χ1v) is 6.40. The number of ether oxygens (including phenoxy) is 2. The Kier molecular flexibility index (Phi) is 4.92. The van der Waals surface area contributed by atoms with Gasteiger partial charge in [-0.2, -0.15) is 0 Å². The minimum atomic E-state index is -0.560. The van der Waals surface area contributed by atoms with Crippen molar-refractivity contribution < 1.29 is 19.2 Å². The van der Waals surface area contributed by atoms with Crippen LogP contribution in [-0.4, -0.2) is 24.5 Å². The molecule has 2 rings (SSSR count). The van der Waals surface area contributed by atoms with Gasteiger partial charge in [0.15, 0.2) is 12.4 Å². The molecular formula is C15H14N2O5. The van der Waals surface area contributed by atoms with E-state index in [1.54, 1.807) is 30.3 Å². The lowest BCUT2D eigenvalue weighted by Crippen LogP contribution is -2.20. The summed E-state index contributed by atoms with van der Waals surface area (Å²) >= 11 is 0. The van der Waals surface area contributed by atoms with Gasteiger partial charge in [-0.15, -0.1) is 0 Å². The van der Waals surface area contributed by atoms with E-state index in [0.717, 1.165) is 0 Å². The number of nitro benzene ring substituents is 1. The van der Waals surface area contributed by atoms with Crippen LogP contribution in [0.1, 0.15) is 0 Å². The van der Waals surface area contributed by atoms with Crippen molar-refractivity contribution in [1.82, 2.24) is 0 Å². The topological polar surface area (TPSA) is 90.7 Å². The molecule has 7 heteroatoms. The van der Waals surface area contributed by atoms with Crippen molar-refractivity contribution in [3.63, 3.8) is 0 Å². The second-order valence-corrected chi connectivity index (χ2v) is 4.29. The molecule has 0 saturated heterocycles. The van der Waals surface area contributed by atoms with Crippen molar-refractivity contribution in [2.24, 2.45) is 0 Å². The standard InChI is InChI=1S/C15H14N2O5/c1-21-12-6-4-5-11(9-12)16-15(18)10-22-14-8-3-2-7-13(14)17(19)20/h2-9H,10H2,1H3,(H,16,18). The molecule has 0 bridgehead atoms. The van der Waals surface area contributed by atoms with Crippen LogP contribution >= 0.6 is 0 Å². The van der Waals surface area contributed by atoms with Gasteiger partial charge < -0.3 is 14.8 Å². The van der Waals surface area contributed by atoms with E-state index in [-0.39, 0.29) is 18.0 Å². The van der Waals surface area contributed by atoms with E-state index in [1.807, 2.05) is 0 Å². The maximum Gasteiger partial charge on any atom is 0.310 e. The van der Waals surface area contributed by atoms with Gasteiger partial charge in [0.05, 0.1) is 12.0 Å². The van der Waals surface area contributed by atoms with Crippen LogP contribution in [0.3, 0.4) is 0 Å². The van der Waals surface area contributed by atoms with Gasteiger partial charge in [0.2, 0.25) is 0 Å². The second kappa shape index (κ2) is 7.07. The monoisotopic (exact) mass is 302 g/mol. The molecule has 0 aliphatic heterocycles. The molecule has 0 aliphatic rings. The largest absolute Gasteiger partial charge is 0.497 e. The molecule has 0 unspecified atom stereocenters. The fourth-order valence-corrected chi connectivity index (χ4v) is 1.77. The third kappa shape index (κ3) is 3.95. The Morgan fingerprint density at radius 1 is 1.23 bits per heavy atom. The van der Waals surface area contributed by atoms with Gasteiger partial charge in [-0.25, -0.2) is 0 Å². The van der Waals surface area contributed by atoms with Crippen molar-refractivity contribution >= 4 is 17.3 Å². The molecule has 0 fully saturated rings. The van der Waals surface area contributed by atoms with Gasteiger partial charge in [0.1, 0.15) is 5.75 Å². The van der Waals surface area contributed by atoms with Crippen molar-refractivity contribution in [3.05, 3.63) is 58.6 Å². The van der Waals surface area contributed by atoms with E-state index < -0.39 is 10.8 Å². The number of carbonyl (C=O) groups excluding carboxylic acids is 1. The van der Waals surface area contributed by atoms with Crippen LogP contribution in [0.4, 0.5) is 11.4 Å². The number of benzene rings is 2. The van der Waals surface area contributed by atoms with Crippen LogP contribution in [0.5, 0.6) is 11.5 Å². The average Bonchev–Trinajstić information content (AvgIpc) is 2.53. The third-order valence-electron chi connectivity index (χ3n) is 2.77. The molecule has 0 aromatic heterocycles. The highest BCUT2D eigenvalue weighted by atomic mass is 16.6. The quantitative estimate of drug-likeness (QED) is 0.654. The smallest absolute Gasteiger partial charge is 0.310 e. The Bertz CT molecular complexity index is 687. The molecule has 1 amide bonds. The zero-order valence-electron chi connectivity index (χ0n) is 11.8. The summed E-state index contributed by atoms with van der Waals surface area (Å²) in [6.07, 6.45) is 0. The van der Waals surface area contributed by atoms with Gasteiger partial charge in [0.25, 0.3) is 5.91 Å². The summed E-state index contributed by atoms with van der Waals surface area (Å²) in [5.74, 6) is 0.233. The Morgan fingerprint density at radius 3 is 2.73 bits per heavy atom. The Morgan fingerprint density at radius 2 is 2.00 bits per heavy atom. The van der Waals surface area contributed by atoms with Crippen LogP contribution in [0.2, 0.25) is 0 Å². The first-order chi connectivity index (χ1) is 10.6. The van der Waals surface area contributed by atoms with Crippen molar-refractivity contribution in [2.75, 3.05) is 19.0 Å². The maximum absolute atomic E-state index is 11.8. The van der Waals surface area contributed by atoms with Gasteiger partial charge >= 0.3 is 5.69 Å². The molecule has 1 N–H and O–H groups in total. The number of nitrogens with zero attached hydrogens (tertiary/aromatic N) is 1. The molecule has 22 heavy (non-hydrogen) atoms. The lowest BCUT2D eigenvalue weighted by atomic mass is 10.3. The van der Waals surface area contributed by atoms with Crippen molar-refractivity contribution in [3.8, 4) is 11.5 Å². The van der Waals surface area contributed by atoms with Gasteiger partial charge in [0, 0.05) is 17.8 Å². The first-order valence-electron chi connectivity index (χ1n) is 6.40. The molecule has 7 nitrogen and oxygen atoms in total. The number of methoxy groups -OCH3 is 1. The molecule has 0 spiro atoms. The summed E-state index contributed by atoms with van der Waals surface area (Å²) in [5, 5.41) is 13.5. The van der Waals surface area contributed by atoms with Crippen LogP contribution in [0.25, 0.3) is 0 Å². The van der Waals surface area contributed by atoms with Gasteiger partial charge in [-0.05, 0) is 18.2 Å². The fraction of sp³-hybridized carbons (Fsp3) is 0.133. The molecule has 0 saturated carbocycles. The lowest BCUT2D eigenvalue weighted by Gasteiger charge is -2.08. The summed E-state index contributed by atoms with van der Waals surface area (Å²) < 4.78 is 10.3. The van der Waals surface area contributed by atoms with Gasteiger partial charge in [-0.1, -0.05) is 18.2 Å². The van der Waals surface area contributed by atoms with Crippen LogP contribution < -0.4 is 14.8 Å². The van der Waals surface area contributed by atoms with E-state index in [2.05, 4.69) is 5.32 Å². The number of hydrogen-bond acceptors (Lipinski definition) is 5. The van der Waals surface area contributed by atoms with Gasteiger partial charge in [-0.3, -0.25) is 14.9 Å². The molecule has 0 atom stereocenters. The lowest BCUT2D eigenvalue weighted by molar-refractivity contribution is -0.385. The van der Waals surface area contributed by atoms with Crippen LogP contribution in [0, 0.1) is 10.1 Å². The average molecular weight is 302 g/mol. The highest BCUT2D eigenvalue weighted by Crippen LogP contribution is 2.25. The molecule has 0 aliphatic carbocycles. The number of para-hydroxylation sites is 2. The SMILES string of the molecule is COc1cccc(NC(=O)COc2ccccc2[N+](=O)[O-])c1. The summed E-state index contributed by atoms with van der Waals surface area (Å²) in [4.78, 5) is 22.1. The van der Waals surface area contributed by atoms with E-state index >= 15 is 0 Å². The molecule has 2 aromatic carbocycles. The number of hydrogen-bond donors (Lipinski definition) is 1. The number of nitrogens with one attached hydrogen (secondary N) is 1. The Balaban J connectivity index is 1.97. The maximum atomic E-state index is 11.8. The Labute approximate surface area is 126 Å². The van der Waals surface area contributed by atoms with E-state index in [1.165, 1.54) is 25.3 Å². The summed E-state index contributed by atoms with van der Waals surface area (Å²) in [7, 11) is 1.53. The number of nitro groups is 1. The number of carbonyl (C=O) groups is 1. The second-order valence-electron chi connectivity index (χ2n) is 4.29. The first kappa shape index (κ1) is 15.3. The predicted molar refractivity (Wildman–Crippen MR) is 80.2 cm³/mol. The fourth-order valence-electron chi connectivity index (χ4n) is 1.77. The highest BCUT2D eigenvalue weighted by molar-refractivity contribution is 5.92. The third-order valence-corrected chi connectivity index (χ3v) is 2.77. The molecule has 0 heterocycles. The molecule has 0 radical (unpaired) electrons. The van der Waals surface area contributed by atoms with Crippen LogP contribution in [0.15, 0.2) is 48.5 Å². The normalized spacial score (nSPS) is 9.86. The predicted octanol–water partition coefficient (Wildman–Crippen LogP) is 2.62.